The third kappa shape index (κ3) is 2.61. The van der Waals surface area contributed by atoms with Gasteiger partial charge in [-0.15, -0.1) is 0 Å². The van der Waals surface area contributed by atoms with Crippen LogP contribution in [0.15, 0.2) is 11.6 Å². The van der Waals surface area contributed by atoms with Gasteiger partial charge in [-0.05, 0) is 78.6 Å². The summed E-state index contributed by atoms with van der Waals surface area (Å²) in [7, 11) is 0. The van der Waals surface area contributed by atoms with E-state index in [0.29, 0.717) is 48.3 Å². The quantitative estimate of drug-likeness (QED) is 0.541. The Kier molecular flexibility index (Phi) is 4.34. The van der Waals surface area contributed by atoms with E-state index in [9.17, 15) is 9.59 Å². The molecule has 2 saturated heterocycles. The molecule has 0 bridgehead atoms. The lowest BCUT2D eigenvalue weighted by molar-refractivity contribution is -0.272. The van der Waals surface area contributed by atoms with E-state index in [1.54, 1.807) is 6.08 Å². The highest BCUT2D eigenvalue weighted by Crippen LogP contribution is 2.70. The van der Waals surface area contributed by atoms with Crippen molar-refractivity contribution in [2.75, 3.05) is 6.61 Å². The molecule has 0 unspecified atom stereocenters. The minimum Gasteiger partial charge on any atom is -0.349 e. The number of allylic oxidation sites excluding steroid dienone is 1. The summed E-state index contributed by atoms with van der Waals surface area (Å²) in [4.78, 5) is 25.3. The molecule has 2 heterocycles. The number of Topliss-reactive ketones (excluding diaryl/α,β-unsaturated/α-hetero) is 1. The monoisotopic (exact) mass is 426 g/mol. The van der Waals surface area contributed by atoms with E-state index < -0.39 is 0 Å². The maximum Gasteiger partial charge on any atom is 0.171 e. The van der Waals surface area contributed by atoms with Gasteiger partial charge in [0.25, 0.3) is 0 Å². The molecular formula is C27H38O4. The number of rotatable bonds is 0. The lowest BCUT2D eigenvalue weighted by Gasteiger charge is -2.58. The van der Waals surface area contributed by atoms with E-state index in [1.165, 1.54) is 19.3 Å². The molecule has 3 saturated carbocycles. The molecule has 6 rings (SSSR count). The molecule has 1 spiro atoms. The van der Waals surface area contributed by atoms with Crippen molar-refractivity contribution in [1.29, 1.82) is 0 Å². The highest BCUT2D eigenvalue weighted by atomic mass is 16.7. The molecular weight excluding hydrogens is 388 g/mol. The average molecular weight is 427 g/mol. The van der Waals surface area contributed by atoms with Crippen molar-refractivity contribution in [2.45, 2.75) is 91.0 Å². The Morgan fingerprint density at radius 2 is 1.84 bits per heavy atom. The van der Waals surface area contributed by atoms with Gasteiger partial charge in [0.1, 0.15) is 0 Å². The molecule has 31 heavy (non-hydrogen) atoms. The van der Waals surface area contributed by atoms with Gasteiger partial charge in [-0.1, -0.05) is 27.7 Å². The van der Waals surface area contributed by atoms with Crippen LogP contribution in [-0.4, -0.2) is 30.1 Å². The van der Waals surface area contributed by atoms with Gasteiger partial charge in [0.05, 0.1) is 12.7 Å². The minimum absolute atomic E-state index is 0.108. The molecule has 0 aromatic carbocycles. The van der Waals surface area contributed by atoms with Gasteiger partial charge in [0.2, 0.25) is 0 Å². The van der Waals surface area contributed by atoms with Crippen LogP contribution in [0.4, 0.5) is 0 Å². The normalized spacial score (nSPS) is 56.0. The average Bonchev–Trinajstić information content (AvgIpc) is 3.17. The molecule has 0 radical (unpaired) electrons. The number of ether oxygens (including phenoxy) is 2. The van der Waals surface area contributed by atoms with Crippen LogP contribution in [0.25, 0.3) is 0 Å². The van der Waals surface area contributed by atoms with E-state index in [-0.39, 0.29) is 34.3 Å². The highest BCUT2D eigenvalue weighted by molar-refractivity contribution is 6.05. The van der Waals surface area contributed by atoms with E-state index in [4.69, 9.17) is 9.47 Å². The van der Waals surface area contributed by atoms with Gasteiger partial charge < -0.3 is 9.47 Å². The van der Waals surface area contributed by atoms with Crippen molar-refractivity contribution < 1.29 is 19.1 Å². The van der Waals surface area contributed by atoms with Gasteiger partial charge in [0, 0.05) is 30.8 Å². The predicted octanol–water partition coefficient (Wildman–Crippen LogP) is 5.10. The zero-order valence-electron chi connectivity index (χ0n) is 19.6. The van der Waals surface area contributed by atoms with E-state index in [1.807, 2.05) is 0 Å². The zero-order valence-corrected chi connectivity index (χ0v) is 19.6. The Bertz CT molecular complexity index is 851. The van der Waals surface area contributed by atoms with Crippen molar-refractivity contribution in [3.05, 3.63) is 11.6 Å². The number of hydrogen-bond donors (Lipinski definition) is 0. The first-order valence-electron chi connectivity index (χ1n) is 12.8. The zero-order chi connectivity index (χ0) is 21.8. The van der Waals surface area contributed by atoms with Crippen LogP contribution in [0.3, 0.4) is 0 Å². The van der Waals surface area contributed by atoms with Gasteiger partial charge >= 0.3 is 0 Å². The summed E-state index contributed by atoms with van der Waals surface area (Å²) in [5.74, 6) is 3.08. The second-order valence-corrected chi connectivity index (χ2v) is 12.5. The maximum atomic E-state index is 13.2. The molecule has 170 valence electrons. The first-order valence-corrected chi connectivity index (χ1v) is 12.8. The second-order valence-electron chi connectivity index (χ2n) is 12.5. The Balaban J connectivity index is 1.31. The lowest BCUT2D eigenvalue weighted by Crippen LogP contribution is -2.54. The summed E-state index contributed by atoms with van der Waals surface area (Å²) in [5, 5.41) is 0. The molecule has 0 aromatic heterocycles. The summed E-state index contributed by atoms with van der Waals surface area (Å²) in [5.41, 5.74) is 0.965. The third-order valence-electron chi connectivity index (χ3n) is 11.1. The lowest BCUT2D eigenvalue weighted by atomic mass is 9.46. The summed E-state index contributed by atoms with van der Waals surface area (Å²) in [6.45, 7) is 10.2. The minimum atomic E-state index is -0.374. The van der Waals surface area contributed by atoms with Gasteiger partial charge in [-0.3, -0.25) is 9.59 Å². The van der Waals surface area contributed by atoms with Crippen LogP contribution in [0.5, 0.6) is 0 Å². The molecule has 5 fully saturated rings. The summed E-state index contributed by atoms with van der Waals surface area (Å²) in [6.07, 6.45) is 9.73. The van der Waals surface area contributed by atoms with Crippen LogP contribution in [0.2, 0.25) is 0 Å². The van der Waals surface area contributed by atoms with Crippen molar-refractivity contribution in [2.24, 2.45) is 46.3 Å². The fraction of sp³-hybridized carbons (Fsp3) is 0.852. The molecule has 4 nitrogen and oxygen atoms in total. The number of fused-ring (bicyclic) bond motifs is 7. The van der Waals surface area contributed by atoms with E-state index in [0.717, 1.165) is 31.4 Å². The summed E-state index contributed by atoms with van der Waals surface area (Å²) < 4.78 is 13.2. The summed E-state index contributed by atoms with van der Waals surface area (Å²) in [6, 6.07) is 0. The van der Waals surface area contributed by atoms with Crippen LogP contribution in [-0.2, 0) is 19.1 Å². The van der Waals surface area contributed by atoms with Crippen molar-refractivity contribution in [3.63, 3.8) is 0 Å². The van der Waals surface area contributed by atoms with E-state index in [2.05, 4.69) is 27.7 Å². The molecule has 10 atom stereocenters. The third-order valence-corrected chi connectivity index (χ3v) is 11.1. The molecule has 0 amide bonds. The maximum absolute atomic E-state index is 13.2. The first-order chi connectivity index (χ1) is 14.7. The number of hydrogen-bond acceptors (Lipinski definition) is 4. The summed E-state index contributed by atoms with van der Waals surface area (Å²) >= 11 is 0. The first kappa shape index (κ1) is 20.6. The Hall–Kier alpha value is -1.00. The van der Waals surface area contributed by atoms with Crippen molar-refractivity contribution in [1.82, 2.24) is 0 Å². The Morgan fingerprint density at radius 1 is 1.03 bits per heavy atom. The molecule has 6 aliphatic rings. The predicted molar refractivity (Wildman–Crippen MR) is 117 cm³/mol. The largest absolute Gasteiger partial charge is 0.349 e. The molecule has 0 aromatic rings. The molecule has 0 N–H and O–H groups in total. The number of carbonyl (C=O) groups excluding carboxylic acids is 2. The second kappa shape index (κ2) is 6.53. The van der Waals surface area contributed by atoms with Crippen LogP contribution < -0.4 is 0 Å². The van der Waals surface area contributed by atoms with Crippen LogP contribution in [0, 0.1) is 46.3 Å². The van der Waals surface area contributed by atoms with Gasteiger partial charge in [-0.25, -0.2) is 0 Å². The fourth-order valence-corrected chi connectivity index (χ4v) is 9.40. The molecule has 4 aliphatic carbocycles. The Morgan fingerprint density at radius 3 is 2.58 bits per heavy atom. The molecule has 2 aliphatic heterocycles. The smallest absolute Gasteiger partial charge is 0.171 e. The standard InChI is InChI=1S/C27H38O4/c1-15-5-10-27(30-14-15)16(2)24-23(31-27)13-20-18-12-22(29)21-11-17(28)6-8-25(21,3)19(18)7-9-26(20,24)4/h11,15-16,18-20,23-24H,5-10,12-14H2,1-4H3/t15-,16+,18-,19+,20+,23+,24+,25+,26-,27-/m0/s1. The van der Waals surface area contributed by atoms with Gasteiger partial charge in [-0.2, -0.15) is 0 Å². The number of ketones is 2. The number of carbonyl (C=O) groups is 2. The Labute approximate surface area is 186 Å². The van der Waals surface area contributed by atoms with Crippen molar-refractivity contribution >= 4 is 11.6 Å². The van der Waals surface area contributed by atoms with Crippen LogP contribution in [0.1, 0.15) is 79.1 Å². The van der Waals surface area contributed by atoms with Crippen molar-refractivity contribution in [3.8, 4) is 0 Å². The topological polar surface area (TPSA) is 52.6 Å². The fourth-order valence-electron chi connectivity index (χ4n) is 9.40. The molecule has 4 heteroatoms. The van der Waals surface area contributed by atoms with Gasteiger partial charge in [0.15, 0.2) is 17.4 Å². The SMILES string of the molecule is C[C@H]1CC[C@]2(OC1)O[C@@H]1C[C@@H]3[C@H]4CC(=O)C5=CC(=O)CC[C@]5(C)[C@@H]4CC[C@]3(C)[C@@H]1[C@H]2C. The highest BCUT2D eigenvalue weighted by Gasteiger charge is 2.69. The van der Waals surface area contributed by atoms with Crippen LogP contribution >= 0.6 is 0 Å². The van der Waals surface area contributed by atoms with E-state index >= 15 is 0 Å².